The number of ether oxygens (including phenoxy) is 1. The number of alkyl halides is 3. The molecular formula is C18H13F5N4O3. The van der Waals surface area contributed by atoms with Crippen molar-refractivity contribution in [3.63, 3.8) is 0 Å². The van der Waals surface area contributed by atoms with E-state index in [2.05, 4.69) is 20.8 Å². The van der Waals surface area contributed by atoms with Gasteiger partial charge in [0, 0.05) is 41.8 Å². The van der Waals surface area contributed by atoms with Gasteiger partial charge in [-0.1, -0.05) is 6.08 Å². The van der Waals surface area contributed by atoms with E-state index in [1.165, 1.54) is 0 Å². The number of H-pyrrole nitrogens is 1. The Labute approximate surface area is 165 Å². The second-order valence-corrected chi connectivity index (χ2v) is 6.72. The van der Waals surface area contributed by atoms with Crippen LogP contribution in [0.2, 0.25) is 0 Å². The van der Waals surface area contributed by atoms with E-state index in [0.717, 1.165) is 12.1 Å². The predicted molar refractivity (Wildman–Crippen MR) is 91.9 cm³/mol. The number of aromatic amines is 1. The van der Waals surface area contributed by atoms with Crippen LogP contribution in [0.4, 0.5) is 27.6 Å². The minimum atomic E-state index is -4.54. The Balaban J connectivity index is 1.52. The summed E-state index contributed by atoms with van der Waals surface area (Å²) in [5, 5.41) is 10.8. The van der Waals surface area contributed by atoms with Crippen molar-refractivity contribution in [2.45, 2.75) is 25.1 Å². The van der Waals surface area contributed by atoms with Crippen LogP contribution in [0.1, 0.15) is 21.7 Å². The van der Waals surface area contributed by atoms with Gasteiger partial charge in [-0.2, -0.15) is 18.3 Å². The average Bonchev–Trinajstić information content (AvgIpc) is 3.03. The summed E-state index contributed by atoms with van der Waals surface area (Å²) in [5.74, 6) is -3.97. The quantitative estimate of drug-likeness (QED) is 0.506. The summed E-state index contributed by atoms with van der Waals surface area (Å²) in [7, 11) is 0. The monoisotopic (exact) mass is 428 g/mol. The van der Waals surface area contributed by atoms with Crippen LogP contribution in [0.3, 0.4) is 0 Å². The lowest BCUT2D eigenvalue weighted by Gasteiger charge is -2.18. The molecule has 2 aliphatic rings. The Morgan fingerprint density at radius 2 is 2.03 bits per heavy atom. The number of allylic oxidation sites excluding steroid dienone is 2. The molecule has 0 radical (unpaired) electrons. The number of carbonyl (C=O) groups excluding carboxylic acids is 2. The molecule has 0 saturated carbocycles. The molecule has 0 saturated heterocycles. The molecular weight excluding hydrogens is 415 g/mol. The number of halogens is 5. The van der Waals surface area contributed by atoms with Crippen molar-refractivity contribution in [2.24, 2.45) is 0 Å². The average molecular weight is 428 g/mol. The number of fused-ring (bicyclic) bond motifs is 2. The Morgan fingerprint density at radius 1 is 1.27 bits per heavy atom. The zero-order valence-corrected chi connectivity index (χ0v) is 15.0. The third-order valence-electron chi connectivity index (χ3n) is 4.75. The summed E-state index contributed by atoms with van der Waals surface area (Å²) in [6.07, 6.45) is -4.14. The van der Waals surface area contributed by atoms with Gasteiger partial charge >= 0.3 is 6.18 Å². The molecule has 2 heterocycles. The number of amides is 2. The fourth-order valence-electron chi connectivity index (χ4n) is 3.23. The highest BCUT2D eigenvalue weighted by Crippen LogP contribution is 2.34. The normalized spacial score (nSPS) is 18.4. The van der Waals surface area contributed by atoms with Crippen LogP contribution in [0.15, 0.2) is 23.8 Å². The van der Waals surface area contributed by atoms with Crippen molar-refractivity contribution in [3.8, 4) is 5.75 Å². The first-order valence-electron chi connectivity index (χ1n) is 8.69. The highest BCUT2D eigenvalue weighted by molar-refractivity contribution is 6.02. The van der Waals surface area contributed by atoms with Crippen molar-refractivity contribution >= 4 is 17.5 Å². The van der Waals surface area contributed by atoms with Crippen molar-refractivity contribution in [1.82, 2.24) is 15.5 Å². The number of benzene rings is 1. The third-order valence-corrected chi connectivity index (χ3v) is 4.75. The first kappa shape index (κ1) is 19.9. The molecule has 2 aromatic rings. The number of hydrogen-bond acceptors (Lipinski definition) is 4. The fourth-order valence-corrected chi connectivity index (χ4v) is 3.23. The number of nitrogens with one attached hydrogen (secondary N) is 3. The summed E-state index contributed by atoms with van der Waals surface area (Å²) < 4.78 is 71.5. The summed E-state index contributed by atoms with van der Waals surface area (Å²) in [5.41, 5.74) is -1.02. The predicted octanol–water partition coefficient (Wildman–Crippen LogP) is 2.40. The highest BCUT2D eigenvalue weighted by atomic mass is 19.4. The number of anilines is 1. The minimum absolute atomic E-state index is 0.0718. The standard InChI is InChI=1S/C18H13F5N4O3/c19-8-4-10(20)15-13(5-8)30-6-12(16(28)25-15)24-17(29)14-9-3-7(18(21,22)23)1-2-11(9)26-27-14/h1,4-5,12H,2-3,6H2,(H,24,29)(H,25,28)(H,26,27)/t12-/m0/s1. The number of aromatic nitrogens is 2. The van der Waals surface area contributed by atoms with E-state index in [4.69, 9.17) is 4.74 Å². The van der Waals surface area contributed by atoms with Gasteiger partial charge in [-0.25, -0.2) is 8.78 Å². The molecule has 2 amide bonds. The van der Waals surface area contributed by atoms with Crippen LogP contribution < -0.4 is 15.4 Å². The molecule has 1 aromatic heterocycles. The Bertz CT molecular complexity index is 1080. The molecule has 1 aliphatic heterocycles. The summed E-state index contributed by atoms with van der Waals surface area (Å²) in [4.78, 5) is 24.9. The molecule has 1 aliphatic carbocycles. The SMILES string of the molecule is O=C(N[C@H]1COc2cc(F)cc(F)c2NC1=O)c1n[nH]c2c1CC(C(F)(F)F)=CC2. The maximum atomic E-state index is 13.9. The lowest BCUT2D eigenvalue weighted by molar-refractivity contribution is -0.118. The van der Waals surface area contributed by atoms with Gasteiger partial charge in [0.1, 0.15) is 29.9 Å². The van der Waals surface area contributed by atoms with Crippen LogP contribution in [-0.4, -0.2) is 40.8 Å². The molecule has 0 unspecified atom stereocenters. The van der Waals surface area contributed by atoms with E-state index in [0.29, 0.717) is 11.8 Å². The molecule has 1 aromatic carbocycles. The first-order valence-corrected chi connectivity index (χ1v) is 8.69. The van der Waals surface area contributed by atoms with E-state index in [1.54, 1.807) is 0 Å². The van der Waals surface area contributed by atoms with Crippen molar-refractivity contribution in [1.29, 1.82) is 0 Å². The Hall–Kier alpha value is -3.44. The highest BCUT2D eigenvalue weighted by Gasteiger charge is 2.37. The maximum absolute atomic E-state index is 13.9. The smallest absolute Gasteiger partial charge is 0.412 e. The molecule has 30 heavy (non-hydrogen) atoms. The van der Waals surface area contributed by atoms with E-state index < -0.39 is 54.3 Å². The Kier molecular flexibility index (Phi) is 4.71. The molecule has 158 valence electrons. The van der Waals surface area contributed by atoms with E-state index in [9.17, 15) is 31.5 Å². The number of carbonyl (C=O) groups is 2. The summed E-state index contributed by atoms with van der Waals surface area (Å²) in [6.45, 7) is -0.451. The van der Waals surface area contributed by atoms with Gasteiger partial charge in [0.15, 0.2) is 11.5 Å². The molecule has 1 atom stereocenters. The summed E-state index contributed by atoms with van der Waals surface area (Å²) >= 11 is 0. The Morgan fingerprint density at radius 3 is 2.77 bits per heavy atom. The molecule has 3 N–H and O–H groups in total. The van der Waals surface area contributed by atoms with E-state index in [-0.39, 0.29) is 29.1 Å². The van der Waals surface area contributed by atoms with Gasteiger partial charge in [0.2, 0.25) is 0 Å². The van der Waals surface area contributed by atoms with Gasteiger partial charge in [-0.05, 0) is 0 Å². The molecule has 7 nitrogen and oxygen atoms in total. The second kappa shape index (κ2) is 7.11. The second-order valence-electron chi connectivity index (χ2n) is 6.72. The van der Waals surface area contributed by atoms with Crippen LogP contribution in [-0.2, 0) is 17.6 Å². The van der Waals surface area contributed by atoms with Crippen LogP contribution in [0.5, 0.6) is 5.75 Å². The topological polar surface area (TPSA) is 96.1 Å². The number of rotatable bonds is 2. The molecule has 4 rings (SSSR count). The number of nitrogens with zero attached hydrogens (tertiary/aromatic N) is 1. The van der Waals surface area contributed by atoms with Crippen LogP contribution >= 0.6 is 0 Å². The van der Waals surface area contributed by atoms with Gasteiger partial charge in [0.05, 0.1) is 0 Å². The first-order chi connectivity index (χ1) is 14.1. The van der Waals surface area contributed by atoms with E-state index in [1.807, 2.05) is 0 Å². The molecule has 0 fully saturated rings. The van der Waals surface area contributed by atoms with Crippen molar-refractivity contribution in [3.05, 3.63) is 52.4 Å². The lowest BCUT2D eigenvalue weighted by atomic mass is 9.94. The number of hydrogen-bond donors (Lipinski definition) is 3. The largest absolute Gasteiger partial charge is 0.488 e. The minimum Gasteiger partial charge on any atom is -0.488 e. The van der Waals surface area contributed by atoms with E-state index >= 15 is 0 Å². The lowest BCUT2D eigenvalue weighted by Crippen LogP contribution is -2.46. The van der Waals surface area contributed by atoms with Crippen LogP contribution in [0, 0.1) is 11.6 Å². The van der Waals surface area contributed by atoms with Gasteiger partial charge in [0.25, 0.3) is 11.8 Å². The third kappa shape index (κ3) is 3.60. The summed E-state index contributed by atoms with van der Waals surface area (Å²) in [6, 6.07) is 0.113. The molecule has 12 heteroatoms. The van der Waals surface area contributed by atoms with Gasteiger partial charge in [-0.3, -0.25) is 14.7 Å². The fraction of sp³-hybridized carbons (Fsp3) is 0.278. The van der Waals surface area contributed by atoms with Crippen molar-refractivity contribution in [2.75, 3.05) is 11.9 Å². The maximum Gasteiger partial charge on any atom is 0.412 e. The zero-order valence-electron chi connectivity index (χ0n) is 15.0. The molecule has 0 bridgehead atoms. The van der Waals surface area contributed by atoms with Crippen LogP contribution in [0.25, 0.3) is 0 Å². The van der Waals surface area contributed by atoms with Gasteiger partial charge in [-0.15, -0.1) is 0 Å². The zero-order chi connectivity index (χ0) is 21.6. The van der Waals surface area contributed by atoms with Crippen molar-refractivity contribution < 1.29 is 36.3 Å². The van der Waals surface area contributed by atoms with Gasteiger partial charge < -0.3 is 15.4 Å². The molecule has 0 spiro atoms.